The number of amides is 3. The molecule has 1 aromatic rings. The number of hydrogen-bond donors (Lipinski definition) is 1. The van der Waals surface area contributed by atoms with E-state index in [0.29, 0.717) is 19.6 Å². The van der Waals surface area contributed by atoms with Crippen molar-refractivity contribution in [3.63, 3.8) is 0 Å². The molecule has 0 radical (unpaired) electrons. The highest BCUT2D eigenvalue weighted by Gasteiger charge is 2.32. The van der Waals surface area contributed by atoms with E-state index in [1.807, 2.05) is 9.80 Å². The first-order valence-corrected chi connectivity index (χ1v) is 9.71. The van der Waals surface area contributed by atoms with E-state index < -0.39 is 0 Å². The van der Waals surface area contributed by atoms with Gasteiger partial charge in [0.15, 0.2) is 0 Å². The number of nitrogens with zero attached hydrogens (tertiary/aromatic N) is 3. The van der Waals surface area contributed by atoms with Gasteiger partial charge in [-0.15, -0.1) is 0 Å². The number of rotatable bonds is 3. The molecule has 0 saturated carbocycles. The van der Waals surface area contributed by atoms with Crippen LogP contribution in [-0.4, -0.2) is 73.0 Å². The predicted molar refractivity (Wildman–Crippen MR) is 103 cm³/mol. The number of likely N-dealkylation sites (tertiary alicyclic amines) is 2. The van der Waals surface area contributed by atoms with Gasteiger partial charge in [-0.2, -0.15) is 0 Å². The number of halogens is 1. The number of hydrogen-bond acceptors (Lipinski definition) is 3. The highest BCUT2D eigenvalue weighted by Crippen LogP contribution is 2.23. The first kappa shape index (κ1) is 19.5. The maximum absolute atomic E-state index is 13.1. The molecule has 0 spiro atoms. The highest BCUT2D eigenvalue weighted by molar-refractivity contribution is 5.80. The van der Waals surface area contributed by atoms with Gasteiger partial charge in [0.25, 0.3) is 0 Å². The topological polar surface area (TPSA) is 55.9 Å². The second-order valence-electron chi connectivity index (χ2n) is 7.71. The SMILES string of the molecule is CN(C)C(=O)N1CCC(C(=O)N2CCC[C@@H](Nc3ccc(F)cc3)C2)CC1. The first-order valence-electron chi connectivity index (χ1n) is 9.71. The number of anilines is 1. The van der Waals surface area contributed by atoms with E-state index in [2.05, 4.69) is 5.32 Å². The maximum Gasteiger partial charge on any atom is 0.319 e. The van der Waals surface area contributed by atoms with Gasteiger partial charge in [0.2, 0.25) is 5.91 Å². The summed E-state index contributed by atoms with van der Waals surface area (Å²) in [5, 5.41) is 3.41. The monoisotopic (exact) mass is 376 g/mol. The summed E-state index contributed by atoms with van der Waals surface area (Å²) in [7, 11) is 3.50. The van der Waals surface area contributed by atoms with Crippen molar-refractivity contribution in [3.05, 3.63) is 30.1 Å². The average Bonchev–Trinajstić information content (AvgIpc) is 2.69. The van der Waals surface area contributed by atoms with Crippen LogP contribution in [0, 0.1) is 11.7 Å². The van der Waals surface area contributed by atoms with Crippen LogP contribution < -0.4 is 5.32 Å². The summed E-state index contributed by atoms with van der Waals surface area (Å²) in [6.07, 6.45) is 3.41. The van der Waals surface area contributed by atoms with Crippen LogP contribution in [0.4, 0.5) is 14.9 Å². The van der Waals surface area contributed by atoms with E-state index >= 15 is 0 Å². The molecular formula is C20H29FN4O2. The zero-order chi connectivity index (χ0) is 19.4. The Bertz CT molecular complexity index is 656. The van der Waals surface area contributed by atoms with Gasteiger partial charge in [-0.3, -0.25) is 4.79 Å². The van der Waals surface area contributed by atoms with Crippen molar-refractivity contribution >= 4 is 17.6 Å². The van der Waals surface area contributed by atoms with E-state index in [9.17, 15) is 14.0 Å². The Kier molecular flexibility index (Phi) is 6.19. The molecule has 0 aliphatic carbocycles. The second kappa shape index (κ2) is 8.59. The summed E-state index contributed by atoms with van der Waals surface area (Å²) in [6.45, 7) is 2.74. The molecule has 2 heterocycles. The predicted octanol–water partition coefficient (Wildman–Crippen LogP) is 2.62. The Morgan fingerprint density at radius 1 is 1.04 bits per heavy atom. The maximum atomic E-state index is 13.1. The molecule has 148 valence electrons. The minimum absolute atomic E-state index is 0.000725. The summed E-state index contributed by atoms with van der Waals surface area (Å²) < 4.78 is 13.1. The van der Waals surface area contributed by atoms with Crippen molar-refractivity contribution < 1.29 is 14.0 Å². The van der Waals surface area contributed by atoms with Gasteiger partial charge in [0.05, 0.1) is 0 Å². The van der Waals surface area contributed by atoms with Gasteiger partial charge < -0.3 is 20.0 Å². The molecule has 1 N–H and O–H groups in total. The van der Waals surface area contributed by atoms with Crippen LogP contribution in [0.1, 0.15) is 25.7 Å². The van der Waals surface area contributed by atoms with Crippen molar-refractivity contribution in [2.75, 3.05) is 45.6 Å². The molecule has 0 bridgehead atoms. The third-order valence-electron chi connectivity index (χ3n) is 5.45. The fraction of sp³-hybridized carbons (Fsp3) is 0.600. The normalized spacial score (nSPS) is 21.1. The Labute approximate surface area is 160 Å². The van der Waals surface area contributed by atoms with Crippen molar-refractivity contribution in [1.29, 1.82) is 0 Å². The lowest BCUT2D eigenvalue weighted by Crippen LogP contribution is -2.50. The number of piperidine rings is 2. The molecule has 6 nitrogen and oxygen atoms in total. The van der Waals surface area contributed by atoms with Gasteiger partial charge in [-0.25, -0.2) is 9.18 Å². The summed E-state index contributed by atoms with van der Waals surface area (Å²) in [5.74, 6) is -0.0431. The molecular weight excluding hydrogens is 347 g/mol. The summed E-state index contributed by atoms with van der Waals surface area (Å²) >= 11 is 0. The molecule has 2 aliphatic heterocycles. The minimum atomic E-state index is -0.250. The Morgan fingerprint density at radius 3 is 2.33 bits per heavy atom. The number of carbonyl (C=O) groups excluding carboxylic acids is 2. The lowest BCUT2D eigenvalue weighted by atomic mass is 9.94. The summed E-state index contributed by atoms with van der Waals surface area (Å²) in [4.78, 5) is 30.3. The van der Waals surface area contributed by atoms with Gasteiger partial charge in [-0.05, 0) is 49.9 Å². The van der Waals surface area contributed by atoms with Gasteiger partial charge in [-0.1, -0.05) is 0 Å². The fourth-order valence-corrected chi connectivity index (χ4v) is 3.94. The van der Waals surface area contributed by atoms with Gasteiger partial charge in [0.1, 0.15) is 5.82 Å². The molecule has 27 heavy (non-hydrogen) atoms. The van der Waals surface area contributed by atoms with Crippen molar-refractivity contribution in [1.82, 2.24) is 14.7 Å². The van der Waals surface area contributed by atoms with E-state index in [-0.39, 0.29) is 29.7 Å². The van der Waals surface area contributed by atoms with Crippen LogP contribution in [0.3, 0.4) is 0 Å². The fourth-order valence-electron chi connectivity index (χ4n) is 3.94. The second-order valence-corrected chi connectivity index (χ2v) is 7.71. The molecule has 0 aromatic heterocycles. The van der Waals surface area contributed by atoms with E-state index in [1.165, 1.54) is 12.1 Å². The zero-order valence-electron chi connectivity index (χ0n) is 16.2. The number of benzene rings is 1. The third-order valence-corrected chi connectivity index (χ3v) is 5.45. The number of nitrogens with one attached hydrogen (secondary N) is 1. The zero-order valence-corrected chi connectivity index (χ0v) is 16.2. The van der Waals surface area contributed by atoms with Gasteiger partial charge in [0, 0.05) is 57.9 Å². The largest absolute Gasteiger partial charge is 0.381 e. The molecule has 3 amide bonds. The van der Waals surface area contributed by atoms with Crippen molar-refractivity contribution in [2.45, 2.75) is 31.7 Å². The van der Waals surface area contributed by atoms with Crippen LogP contribution >= 0.6 is 0 Å². The summed E-state index contributed by atoms with van der Waals surface area (Å²) in [6, 6.07) is 6.54. The quantitative estimate of drug-likeness (QED) is 0.882. The van der Waals surface area contributed by atoms with Crippen LogP contribution in [0.2, 0.25) is 0 Å². The third kappa shape index (κ3) is 4.90. The smallest absolute Gasteiger partial charge is 0.319 e. The van der Waals surface area contributed by atoms with Crippen molar-refractivity contribution in [2.24, 2.45) is 5.92 Å². The van der Waals surface area contributed by atoms with Crippen LogP contribution in [0.5, 0.6) is 0 Å². The Hall–Kier alpha value is -2.31. The van der Waals surface area contributed by atoms with Crippen LogP contribution in [-0.2, 0) is 4.79 Å². The molecule has 1 aromatic carbocycles. The lowest BCUT2D eigenvalue weighted by Gasteiger charge is -2.38. The van der Waals surface area contributed by atoms with E-state index in [1.54, 1.807) is 31.1 Å². The molecule has 2 fully saturated rings. The van der Waals surface area contributed by atoms with E-state index in [0.717, 1.165) is 37.9 Å². The molecule has 2 saturated heterocycles. The lowest BCUT2D eigenvalue weighted by molar-refractivity contribution is -0.138. The number of carbonyl (C=O) groups is 2. The minimum Gasteiger partial charge on any atom is -0.381 e. The van der Waals surface area contributed by atoms with Crippen LogP contribution in [0.25, 0.3) is 0 Å². The molecule has 2 aliphatic rings. The highest BCUT2D eigenvalue weighted by atomic mass is 19.1. The molecule has 0 unspecified atom stereocenters. The molecule has 3 rings (SSSR count). The van der Waals surface area contributed by atoms with E-state index in [4.69, 9.17) is 0 Å². The van der Waals surface area contributed by atoms with Crippen molar-refractivity contribution in [3.8, 4) is 0 Å². The Morgan fingerprint density at radius 2 is 1.70 bits per heavy atom. The van der Waals surface area contributed by atoms with Gasteiger partial charge >= 0.3 is 6.03 Å². The van der Waals surface area contributed by atoms with Crippen LogP contribution in [0.15, 0.2) is 24.3 Å². The molecule has 1 atom stereocenters. The first-order chi connectivity index (χ1) is 12.9. The Balaban J connectivity index is 1.51. The number of urea groups is 1. The average molecular weight is 376 g/mol. The summed E-state index contributed by atoms with van der Waals surface area (Å²) in [5.41, 5.74) is 0.881. The standard InChI is InChI=1S/C20H29FN4O2/c1-23(2)20(27)24-12-9-15(10-13-24)19(26)25-11-3-4-18(14-25)22-17-7-5-16(21)6-8-17/h5-8,15,18,22H,3-4,9-14H2,1-2H3/t18-/m1/s1. The molecule has 7 heteroatoms.